The van der Waals surface area contributed by atoms with Crippen molar-refractivity contribution in [2.24, 2.45) is 0 Å². The number of hydrogen-bond donors (Lipinski definition) is 0. The molecule has 0 N–H and O–H groups in total. The first kappa shape index (κ1) is 17.4. The number of imidazole rings is 1. The minimum Gasteiger partial charge on any atom is -0.331 e. The highest BCUT2D eigenvalue weighted by Crippen LogP contribution is 2.32. The lowest BCUT2D eigenvalue weighted by molar-refractivity contribution is 0.0731. The molecule has 1 saturated carbocycles. The highest BCUT2D eigenvalue weighted by atomic mass is 16.2. The number of rotatable bonds is 4. The molecule has 0 radical (unpaired) electrons. The van der Waals surface area contributed by atoms with Gasteiger partial charge in [-0.25, -0.2) is 9.97 Å². The Labute approximate surface area is 165 Å². The number of carbonyl (C=O) groups is 1. The average Bonchev–Trinajstić information content (AvgIpc) is 3.52. The van der Waals surface area contributed by atoms with Gasteiger partial charge in [0.05, 0.1) is 5.56 Å². The number of fused-ring (bicyclic) bond motifs is 3. The van der Waals surface area contributed by atoms with Crippen molar-refractivity contribution in [2.45, 2.75) is 64.6 Å². The molecule has 3 heterocycles. The first-order chi connectivity index (χ1) is 13.7. The number of nitrogens with zero attached hydrogens (tertiary/aromatic N) is 4. The highest BCUT2D eigenvalue weighted by molar-refractivity contribution is 6.04. The number of hydrogen-bond acceptors (Lipinski definition) is 3. The zero-order valence-electron chi connectivity index (χ0n) is 16.4. The molecule has 0 atom stereocenters. The summed E-state index contributed by atoms with van der Waals surface area (Å²) < 4.78 is 2.24. The Balaban J connectivity index is 1.56. The van der Waals surface area contributed by atoms with Crippen molar-refractivity contribution in [3.63, 3.8) is 0 Å². The van der Waals surface area contributed by atoms with Crippen molar-refractivity contribution in [1.29, 1.82) is 0 Å². The van der Waals surface area contributed by atoms with Gasteiger partial charge in [0.2, 0.25) is 0 Å². The van der Waals surface area contributed by atoms with Crippen molar-refractivity contribution in [3.8, 4) is 0 Å². The van der Waals surface area contributed by atoms with Gasteiger partial charge < -0.3 is 9.47 Å². The fourth-order valence-electron chi connectivity index (χ4n) is 4.27. The third kappa shape index (κ3) is 3.19. The molecule has 5 nitrogen and oxygen atoms in total. The van der Waals surface area contributed by atoms with E-state index in [9.17, 15) is 4.79 Å². The number of aromatic nitrogens is 3. The van der Waals surface area contributed by atoms with Crippen LogP contribution in [0.15, 0.2) is 36.4 Å². The molecule has 5 heteroatoms. The molecule has 1 amide bonds. The van der Waals surface area contributed by atoms with Crippen LogP contribution in [0.5, 0.6) is 0 Å². The fraction of sp³-hybridized carbons (Fsp3) is 0.435. The van der Waals surface area contributed by atoms with Crippen LogP contribution in [0.3, 0.4) is 0 Å². The molecular weight excluding hydrogens is 348 g/mol. The van der Waals surface area contributed by atoms with E-state index in [1.165, 1.54) is 12.0 Å². The number of aryl methyl sites for hydroxylation is 3. The third-order valence-electron chi connectivity index (χ3n) is 5.87. The zero-order valence-corrected chi connectivity index (χ0v) is 16.4. The summed E-state index contributed by atoms with van der Waals surface area (Å²) in [6.45, 7) is 3.58. The molecule has 144 valence electrons. The molecule has 1 aliphatic carbocycles. The minimum absolute atomic E-state index is 0.0927. The van der Waals surface area contributed by atoms with Gasteiger partial charge in [-0.15, -0.1) is 0 Å². The second-order valence-corrected chi connectivity index (χ2v) is 8.12. The van der Waals surface area contributed by atoms with Crippen LogP contribution in [0.4, 0.5) is 0 Å². The molecule has 2 aromatic heterocycles. The smallest absolute Gasteiger partial charge is 0.256 e. The van der Waals surface area contributed by atoms with Crippen LogP contribution in [-0.4, -0.2) is 31.4 Å². The van der Waals surface area contributed by atoms with Gasteiger partial charge in [-0.3, -0.25) is 4.79 Å². The van der Waals surface area contributed by atoms with E-state index in [0.717, 1.165) is 61.3 Å². The van der Waals surface area contributed by atoms with Crippen LogP contribution in [0.1, 0.15) is 59.5 Å². The Morgan fingerprint density at radius 3 is 2.75 bits per heavy atom. The summed E-state index contributed by atoms with van der Waals surface area (Å²) in [6, 6.07) is 12.5. The number of benzene rings is 1. The fourth-order valence-corrected chi connectivity index (χ4v) is 4.27. The first-order valence-corrected chi connectivity index (χ1v) is 10.4. The lowest BCUT2D eigenvalue weighted by Gasteiger charge is -2.23. The van der Waals surface area contributed by atoms with E-state index in [1.807, 2.05) is 36.1 Å². The lowest BCUT2D eigenvalue weighted by Crippen LogP contribution is -2.33. The maximum absolute atomic E-state index is 13.6. The van der Waals surface area contributed by atoms with Crippen LogP contribution in [0.2, 0.25) is 0 Å². The third-order valence-corrected chi connectivity index (χ3v) is 5.87. The lowest BCUT2D eigenvalue weighted by atomic mass is 10.1. The zero-order chi connectivity index (χ0) is 19.1. The normalized spacial score (nSPS) is 16.6. The largest absolute Gasteiger partial charge is 0.331 e. The highest BCUT2D eigenvalue weighted by Gasteiger charge is 2.34. The summed E-state index contributed by atoms with van der Waals surface area (Å²) in [4.78, 5) is 25.3. The molecule has 5 rings (SSSR count). The van der Waals surface area contributed by atoms with Crippen molar-refractivity contribution in [1.82, 2.24) is 19.4 Å². The molecule has 2 aliphatic rings. The first-order valence-electron chi connectivity index (χ1n) is 10.4. The molecule has 0 bridgehead atoms. The van der Waals surface area contributed by atoms with Gasteiger partial charge in [-0.1, -0.05) is 36.8 Å². The van der Waals surface area contributed by atoms with Crippen molar-refractivity contribution < 1.29 is 4.79 Å². The second kappa shape index (κ2) is 7.04. The second-order valence-electron chi connectivity index (χ2n) is 8.12. The van der Waals surface area contributed by atoms with Gasteiger partial charge in [0.25, 0.3) is 5.91 Å². The Morgan fingerprint density at radius 1 is 1.14 bits per heavy atom. The Morgan fingerprint density at radius 2 is 1.96 bits per heavy atom. The Bertz CT molecular complexity index is 1020. The van der Waals surface area contributed by atoms with Gasteiger partial charge in [0, 0.05) is 31.2 Å². The molecule has 3 aromatic rings. The van der Waals surface area contributed by atoms with Crippen molar-refractivity contribution in [2.75, 3.05) is 0 Å². The summed E-state index contributed by atoms with van der Waals surface area (Å²) in [5.41, 5.74) is 4.44. The van der Waals surface area contributed by atoms with E-state index in [0.29, 0.717) is 18.2 Å². The van der Waals surface area contributed by atoms with Crippen LogP contribution in [0.25, 0.3) is 11.2 Å². The number of amides is 1. The molecule has 0 saturated heterocycles. The van der Waals surface area contributed by atoms with E-state index >= 15 is 0 Å². The average molecular weight is 374 g/mol. The predicted molar refractivity (Wildman–Crippen MR) is 109 cm³/mol. The number of pyridine rings is 1. The van der Waals surface area contributed by atoms with E-state index in [-0.39, 0.29) is 5.91 Å². The molecule has 0 unspecified atom stereocenters. The predicted octanol–water partition coefficient (Wildman–Crippen LogP) is 4.27. The van der Waals surface area contributed by atoms with Gasteiger partial charge in [0.1, 0.15) is 11.3 Å². The summed E-state index contributed by atoms with van der Waals surface area (Å²) in [6.07, 6.45) is 6.69. The molecule has 1 aliphatic heterocycles. The minimum atomic E-state index is 0.0927. The summed E-state index contributed by atoms with van der Waals surface area (Å²) >= 11 is 0. The summed E-state index contributed by atoms with van der Waals surface area (Å²) in [7, 11) is 0. The van der Waals surface area contributed by atoms with Crippen LogP contribution in [-0.2, 0) is 19.5 Å². The van der Waals surface area contributed by atoms with Crippen molar-refractivity contribution in [3.05, 3.63) is 59.0 Å². The van der Waals surface area contributed by atoms with E-state index in [1.54, 1.807) is 0 Å². The maximum atomic E-state index is 13.6. The standard InChI is InChI=1S/C23H26N4O/c1-16-14-19(21-22(24-16)26-13-7-3-6-10-20(26)25-21)23(28)27(18-11-12-18)15-17-8-4-2-5-9-17/h2,4-5,8-9,14,18H,3,6-7,10-13,15H2,1H3. The molecule has 1 aromatic carbocycles. The molecular formula is C23H26N4O. The van der Waals surface area contributed by atoms with Crippen LogP contribution in [0, 0.1) is 6.92 Å². The van der Waals surface area contributed by atoms with E-state index in [2.05, 4.69) is 16.7 Å². The van der Waals surface area contributed by atoms with Gasteiger partial charge in [-0.2, -0.15) is 0 Å². The van der Waals surface area contributed by atoms with Crippen molar-refractivity contribution >= 4 is 17.1 Å². The molecule has 1 fully saturated rings. The Kier molecular flexibility index (Phi) is 4.38. The van der Waals surface area contributed by atoms with E-state index in [4.69, 9.17) is 9.97 Å². The monoisotopic (exact) mass is 374 g/mol. The summed E-state index contributed by atoms with van der Waals surface area (Å²) in [5, 5.41) is 0. The van der Waals surface area contributed by atoms with Gasteiger partial charge >= 0.3 is 0 Å². The van der Waals surface area contributed by atoms with E-state index < -0.39 is 0 Å². The van der Waals surface area contributed by atoms with Crippen LogP contribution >= 0.6 is 0 Å². The quantitative estimate of drug-likeness (QED) is 0.685. The number of carbonyl (C=O) groups excluding carboxylic acids is 1. The van der Waals surface area contributed by atoms with Crippen LogP contribution < -0.4 is 0 Å². The Hall–Kier alpha value is -2.69. The molecule has 0 spiro atoms. The summed E-state index contributed by atoms with van der Waals surface area (Å²) in [5.74, 6) is 1.18. The topological polar surface area (TPSA) is 51.0 Å². The SMILES string of the molecule is Cc1cc(C(=O)N(Cc2ccccc2)C2CC2)c2nc3n(c2n1)CCCCC3. The van der Waals surface area contributed by atoms with Gasteiger partial charge in [0.15, 0.2) is 5.65 Å². The maximum Gasteiger partial charge on any atom is 0.256 e. The molecule has 28 heavy (non-hydrogen) atoms. The van der Waals surface area contributed by atoms with Gasteiger partial charge in [-0.05, 0) is 44.2 Å².